The van der Waals surface area contributed by atoms with Crippen molar-refractivity contribution in [2.45, 2.75) is 57.7 Å². The number of aromatic nitrogens is 3. The Bertz CT molecular complexity index is 1090. The van der Waals surface area contributed by atoms with E-state index in [9.17, 15) is 9.50 Å². The molecule has 1 aliphatic heterocycles. The van der Waals surface area contributed by atoms with Crippen LogP contribution in [0.2, 0.25) is 0 Å². The number of aromatic hydroxyl groups is 1. The van der Waals surface area contributed by atoms with E-state index in [4.69, 9.17) is 0 Å². The van der Waals surface area contributed by atoms with Gasteiger partial charge < -0.3 is 10.4 Å². The van der Waals surface area contributed by atoms with Crippen molar-refractivity contribution in [2.24, 2.45) is 0 Å². The first kappa shape index (κ1) is 19.5. The van der Waals surface area contributed by atoms with Crippen molar-refractivity contribution in [3.63, 3.8) is 0 Å². The van der Waals surface area contributed by atoms with Crippen LogP contribution in [0, 0.1) is 12.7 Å². The number of aryl methyl sites for hydroxylation is 1. The van der Waals surface area contributed by atoms with Crippen molar-refractivity contribution in [3.8, 4) is 17.0 Å². The van der Waals surface area contributed by atoms with Gasteiger partial charge in [-0.2, -0.15) is 5.10 Å². The number of benzene rings is 1. The van der Waals surface area contributed by atoms with E-state index in [1.165, 1.54) is 31.7 Å². The monoisotopic (exact) mass is 409 g/mol. The first-order valence-electron chi connectivity index (χ1n) is 10.8. The summed E-state index contributed by atoms with van der Waals surface area (Å²) in [5, 5.41) is 21.7. The van der Waals surface area contributed by atoms with Gasteiger partial charge in [0, 0.05) is 48.2 Å². The Kier molecular flexibility index (Phi) is 4.75. The summed E-state index contributed by atoms with van der Waals surface area (Å²) in [5.74, 6) is -0.569. The maximum atomic E-state index is 14.6. The number of piperazine rings is 1. The third-order valence-electron chi connectivity index (χ3n) is 6.86. The average molecular weight is 410 g/mol. The largest absolute Gasteiger partial charge is 0.508 e. The van der Waals surface area contributed by atoms with Gasteiger partial charge in [-0.15, -0.1) is 0 Å². The van der Waals surface area contributed by atoms with Crippen LogP contribution < -0.4 is 5.32 Å². The van der Waals surface area contributed by atoms with Gasteiger partial charge in [-0.25, -0.2) is 9.37 Å². The molecule has 5 rings (SSSR count). The molecule has 0 unspecified atom stereocenters. The molecule has 1 saturated carbocycles. The molecule has 3 aromatic rings. The van der Waals surface area contributed by atoms with E-state index in [2.05, 4.69) is 32.3 Å². The topological polar surface area (TPSA) is 77.1 Å². The standard InChI is InChI=1S/C23H28FN5O/c1-14-11-29(23(13-25-14)7-3-4-8-23)12-16-9-20(18-6-5-17(30)10-19(18)24)26-22-21(16)15(2)27-28-22/h5-6,9-10,14,25,30H,3-4,7-8,11-13H2,1-2H3,(H,26,27,28)/t14-/m0/s1. The molecule has 0 bridgehead atoms. The lowest BCUT2D eigenvalue weighted by molar-refractivity contribution is 0.0396. The number of nitrogens with one attached hydrogen (secondary N) is 2. The molecule has 0 amide bonds. The molecule has 2 aliphatic rings. The van der Waals surface area contributed by atoms with Gasteiger partial charge in [0.25, 0.3) is 0 Å². The Morgan fingerprint density at radius 2 is 2.07 bits per heavy atom. The number of phenolic OH excluding ortho intramolecular Hbond substituents is 1. The van der Waals surface area contributed by atoms with Gasteiger partial charge in [0.1, 0.15) is 11.6 Å². The second-order valence-corrected chi connectivity index (χ2v) is 8.96. The number of phenols is 1. The number of aromatic amines is 1. The van der Waals surface area contributed by atoms with Crippen molar-refractivity contribution >= 4 is 11.0 Å². The Morgan fingerprint density at radius 1 is 1.27 bits per heavy atom. The molecule has 1 atom stereocenters. The minimum absolute atomic E-state index is 0.0899. The molecule has 1 spiro atoms. The number of fused-ring (bicyclic) bond motifs is 1. The van der Waals surface area contributed by atoms with E-state index in [0.29, 0.717) is 22.9 Å². The fraction of sp³-hybridized carbons (Fsp3) is 0.478. The van der Waals surface area contributed by atoms with Crippen LogP contribution >= 0.6 is 0 Å². The molecule has 158 valence electrons. The molecule has 1 aromatic carbocycles. The molecule has 0 radical (unpaired) electrons. The van der Waals surface area contributed by atoms with Crippen molar-refractivity contribution in [1.29, 1.82) is 0 Å². The highest BCUT2D eigenvalue weighted by Crippen LogP contribution is 2.39. The summed E-state index contributed by atoms with van der Waals surface area (Å²) in [6.45, 7) is 7.02. The Morgan fingerprint density at radius 3 is 2.83 bits per heavy atom. The van der Waals surface area contributed by atoms with Gasteiger partial charge in [0.05, 0.1) is 11.4 Å². The summed E-state index contributed by atoms with van der Waals surface area (Å²) < 4.78 is 14.6. The molecule has 6 nitrogen and oxygen atoms in total. The molecule has 2 aromatic heterocycles. The van der Waals surface area contributed by atoms with Crippen molar-refractivity contribution < 1.29 is 9.50 Å². The first-order valence-corrected chi connectivity index (χ1v) is 10.8. The van der Waals surface area contributed by atoms with Crippen molar-refractivity contribution in [2.75, 3.05) is 13.1 Å². The molecular weight excluding hydrogens is 381 g/mol. The van der Waals surface area contributed by atoms with Crippen LogP contribution in [0.4, 0.5) is 4.39 Å². The van der Waals surface area contributed by atoms with Crippen LogP contribution in [0.5, 0.6) is 5.75 Å². The van der Waals surface area contributed by atoms with Gasteiger partial charge in [-0.3, -0.25) is 10.00 Å². The van der Waals surface area contributed by atoms with E-state index < -0.39 is 5.82 Å². The van der Waals surface area contributed by atoms with E-state index in [1.807, 2.05) is 13.0 Å². The fourth-order valence-electron chi connectivity index (χ4n) is 5.28. The lowest BCUT2D eigenvalue weighted by Crippen LogP contribution is -2.62. The normalized spacial score (nSPS) is 21.6. The number of pyridine rings is 1. The van der Waals surface area contributed by atoms with Crippen LogP contribution in [0.3, 0.4) is 0 Å². The molecule has 1 saturated heterocycles. The van der Waals surface area contributed by atoms with Crippen LogP contribution in [-0.4, -0.2) is 49.9 Å². The molecule has 30 heavy (non-hydrogen) atoms. The van der Waals surface area contributed by atoms with E-state index in [-0.39, 0.29) is 11.3 Å². The van der Waals surface area contributed by atoms with Gasteiger partial charge in [-0.1, -0.05) is 12.8 Å². The van der Waals surface area contributed by atoms with E-state index in [1.54, 1.807) is 6.07 Å². The maximum absolute atomic E-state index is 14.6. The average Bonchev–Trinajstić information content (AvgIpc) is 3.33. The minimum Gasteiger partial charge on any atom is -0.508 e. The van der Waals surface area contributed by atoms with Gasteiger partial charge in [0.2, 0.25) is 0 Å². The number of rotatable bonds is 3. The lowest BCUT2D eigenvalue weighted by Gasteiger charge is -2.48. The zero-order valence-electron chi connectivity index (χ0n) is 17.5. The summed E-state index contributed by atoms with van der Waals surface area (Å²) >= 11 is 0. The maximum Gasteiger partial charge on any atom is 0.156 e. The number of halogens is 1. The highest BCUT2D eigenvalue weighted by molar-refractivity contribution is 5.84. The number of H-pyrrole nitrogens is 1. The number of nitrogens with zero attached hydrogens (tertiary/aromatic N) is 3. The minimum atomic E-state index is -0.480. The zero-order valence-corrected chi connectivity index (χ0v) is 17.5. The highest BCUT2D eigenvalue weighted by Gasteiger charge is 2.42. The zero-order chi connectivity index (χ0) is 20.9. The van der Waals surface area contributed by atoms with Crippen LogP contribution in [0.25, 0.3) is 22.3 Å². The summed E-state index contributed by atoms with van der Waals surface area (Å²) in [6, 6.07) is 6.64. The smallest absolute Gasteiger partial charge is 0.156 e. The lowest BCUT2D eigenvalue weighted by atomic mass is 9.90. The quantitative estimate of drug-likeness (QED) is 0.612. The number of hydrogen-bond acceptors (Lipinski definition) is 5. The van der Waals surface area contributed by atoms with Gasteiger partial charge in [-0.05, 0) is 50.5 Å². The first-order chi connectivity index (χ1) is 14.4. The molecular formula is C23H28FN5O. The van der Waals surface area contributed by atoms with Crippen molar-refractivity contribution in [3.05, 3.63) is 41.3 Å². The summed E-state index contributed by atoms with van der Waals surface area (Å²) in [7, 11) is 0. The second-order valence-electron chi connectivity index (χ2n) is 8.96. The Hall–Kier alpha value is -2.51. The molecule has 3 heterocycles. The Labute approximate surface area is 175 Å². The molecule has 3 N–H and O–H groups in total. The van der Waals surface area contributed by atoms with Gasteiger partial charge in [0.15, 0.2) is 5.65 Å². The predicted molar refractivity (Wildman–Crippen MR) is 115 cm³/mol. The third-order valence-corrected chi connectivity index (χ3v) is 6.86. The van der Waals surface area contributed by atoms with E-state index >= 15 is 0 Å². The number of hydrogen-bond donors (Lipinski definition) is 3. The molecule has 1 aliphatic carbocycles. The van der Waals surface area contributed by atoms with Crippen LogP contribution in [0.1, 0.15) is 43.9 Å². The summed E-state index contributed by atoms with van der Waals surface area (Å²) in [6.07, 6.45) is 4.97. The van der Waals surface area contributed by atoms with Gasteiger partial charge >= 0.3 is 0 Å². The fourth-order valence-corrected chi connectivity index (χ4v) is 5.28. The van der Waals surface area contributed by atoms with Crippen molar-refractivity contribution in [1.82, 2.24) is 25.4 Å². The second kappa shape index (κ2) is 7.32. The third kappa shape index (κ3) is 3.26. The highest BCUT2D eigenvalue weighted by atomic mass is 19.1. The SMILES string of the molecule is Cc1n[nH]c2nc(-c3ccc(O)cc3F)cc(CN3C[C@H](C)NCC34CCCC4)c12. The summed E-state index contributed by atoms with van der Waals surface area (Å²) in [5.41, 5.74) is 3.85. The van der Waals surface area contributed by atoms with E-state index in [0.717, 1.165) is 42.3 Å². The Balaban J connectivity index is 1.60. The predicted octanol–water partition coefficient (Wildman–Crippen LogP) is 3.88. The molecule has 2 fully saturated rings. The summed E-state index contributed by atoms with van der Waals surface area (Å²) in [4.78, 5) is 7.27. The molecule has 7 heteroatoms. The van der Waals surface area contributed by atoms with Crippen LogP contribution in [-0.2, 0) is 6.54 Å². The van der Waals surface area contributed by atoms with Crippen LogP contribution in [0.15, 0.2) is 24.3 Å².